The smallest absolute Gasteiger partial charge is 0.323 e. The molecule has 0 atom stereocenters. The van der Waals surface area contributed by atoms with Gasteiger partial charge in [0.15, 0.2) is 0 Å². The van der Waals surface area contributed by atoms with E-state index >= 15 is 0 Å². The van der Waals surface area contributed by atoms with E-state index in [0.717, 1.165) is 5.56 Å². The first-order valence-corrected chi connectivity index (χ1v) is 5.92. The predicted octanol–water partition coefficient (Wildman–Crippen LogP) is 1.78. The van der Waals surface area contributed by atoms with Gasteiger partial charge in [-0.05, 0) is 31.4 Å². The molecular weight excluding hydrogens is 230 g/mol. The third-order valence-corrected chi connectivity index (χ3v) is 2.90. The molecule has 1 aromatic rings. The fourth-order valence-electron chi connectivity index (χ4n) is 1.85. The second kappa shape index (κ2) is 6.19. The Bertz CT molecular complexity index is 454. The second-order valence-corrected chi connectivity index (χ2v) is 4.57. The molecule has 1 amide bonds. The maximum Gasteiger partial charge on any atom is 0.323 e. The molecule has 0 saturated carbocycles. The van der Waals surface area contributed by atoms with Gasteiger partial charge >= 0.3 is 5.97 Å². The van der Waals surface area contributed by atoms with Crippen molar-refractivity contribution in [2.75, 3.05) is 13.6 Å². The zero-order chi connectivity index (χ0) is 13.7. The van der Waals surface area contributed by atoms with Crippen LogP contribution in [0.4, 0.5) is 0 Å². The second-order valence-electron chi connectivity index (χ2n) is 4.57. The van der Waals surface area contributed by atoms with Gasteiger partial charge in [-0.3, -0.25) is 9.59 Å². The Labute approximate surface area is 107 Å². The van der Waals surface area contributed by atoms with Crippen molar-refractivity contribution in [3.8, 4) is 0 Å². The number of rotatable bonds is 5. The monoisotopic (exact) mass is 249 g/mol. The van der Waals surface area contributed by atoms with Crippen LogP contribution in [0.1, 0.15) is 23.1 Å². The number of hydrogen-bond donors (Lipinski definition) is 1. The van der Waals surface area contributed by atoms with Crippen molar-refractivity contribution >= 4 is 11.9 Å². The van der Waals surface area contributed by atoms with Crippen LogP contribution in [0, 0.1) is 13.8 Å². The summed E-state index contributed by atoms with van der Waals surface area (Å²) in [6, 6.07) is 6.13. The molecule has 0 aromatic heterocycles. The fourth-order valence-corrected chi connectivity index (χ4v) is 1.85. The average Bonchev–Trinajstić information content (AvgIpc) is 2.26. The number of hydrogen-bond acceptors (Lipinski definition) is 2. The van der Waals surface area contributed by atoms with Crippen molar-refractivity contribution in [2.24, 2.45) is 0 Å². The zero-order valence-electron chi connectivity index (χ0n) is 11.1. The van der Waals surface area contributed by atoms with E-state index in [1.165, 1.54) is 23.1 Å². The minimum Gasteiger partial charge on any atom is -0.480 e. The lowest BCUT2D eigenvalue weighted by Gasteiger charge is -2.14. The summed E-state index contributed by atoms with van der Waals surface area (Å²) in [5, 5.41) is 8.60. The normalized spacial score (nSPS) is 10.2. The third-order valence-electron chi connectivity index (χ3n) is 2.90. The predicted molar refractivity (Wildman–Crippen MR) is 69.5 cm³/mol. The van der Waals surface area contributed by atoms with Gasteiger partial charge in [0.2, 0.25) is 5.91 Å². The van der Waals surface area contributed by atoms with Crippen LogP contribution in [-0.4, -0.2) is 35.5 Å². The number of likely N-dealkylation sites (N-methyl/N-ethyl adjacent to an activating group) is 1. The van der Waals surface area contributed by atoms with Gasteiger partial charge in [0, 0.05) is 13.5 Å². The summed E-state index contributed by atoms with van der Waals surface area (Å²) in [6.45, 7) is 3.81. The van der Waals surface area contributed by atoms with Crippen molar-refractivity contribution in [2.45, 2.75) is 26.7 Å². The summed E-state index contributed by atoms with van der Waals surface area (Å²) in [6.07, 6.45) is 0.989. The number of carbonyl (C=O) groups excluding carboxylic acids is 1. The lowest BCUT2D eigenvalue weighted by atomic mass is 10.0. The zero-order valence-corrected chi connectivity index (χ0v) is 11.1. The number of carboxylic acids is 1. The highest BCUT2D eigenvalue weighted by molar-refractivity contribution is 5.81. The first-order valence-electron chi connectivity index (χ1n) is 5.92. The van der Waals surface area contributed by atoms with E-state index in [1.54, 1.807) is 0 Å². The summed E-state index contributed by atoms with van der Waals surface area (Å²) in [5.74, 6) is -1.13. The van der Waals surface area contributed by atoms with Crippen LogP contribution >= 0.6 is 0 Å². The Kier molecular flexibility index (Phi) is 4.89. The first kappa shape index (κ1) is 14.2. The molecule has 0 unspecified atom stereocenters. The molecule has 1 aromatic carbocycles. The number of aliphatic carboxylic acids is 1. The minimum atomic E-state index is -0.989. The summed E-state index contributed by atoms with van der Waals surface area (Å²) >= 11 is 0. The molecule has 0 heterocycles. The van der Waals surface area contributed by atoms with Gasteiger partial charge in [0.25, 0.3) is 0 Å². The van der Waals surface area contributed by atoms with Gasteiger partial charge in [-0.1, -0.05) is 23.8 Å². The molecule has 0 aliphatic rings. The number of nitrogens with zero attached hydrogens (tertiary/aromatic N) is 1. The van der Waals surface area contributed by atoms with Crippen LogP contribution in [0.25, 0.3) is 0 Å². The standard InChI is InChI=1S/C14H19NO3/c1-10-4-5-12(11(2)8-10)6-7-13(16)15(3)9-14(17)18/h4-5,8H,6-7,9H2,1-3H3,(H,17,18). The maximum absolute atomic E-state index is 11.7. The fraction of sp³-hybridized carbons (Fsp3) is 0.429. The van der Waals surface area contributed by atoms with Gasteiger partial charge in [-0.25, -0.2) is 0 Å². The SMILES string of the molecule is Cc1ccc(CCC(=O)N(C)CC(=O)O)c(C)c1. The van der Waals surface area contributed by atoms with Crippen LogP contribution in [0.2, 0.25) is 0 Å². The highest BCUT2D eigenvalue weighted by atomic mass is 16.4. The lowest BCUT2D eigenvalue weighted by molar-refractivity contribution is -0.143. The van der Waals surface area contributed by atoms with Crippen LogP contribution in [-0.2, 0) is 16.0 Å². The largest absolute Gasteiger partial charge is 0.480 e. The average molecular weight is 249 g/mol. The Morgan fingerprint density at radius 3 is 2.50 bits per heavy atom. The molecule has 1 N–H and O–H groups in total. The Balaban J connectivity index is 2.54. The van der Waals surface area contributed by atoms with Gasteiger partial charge in [0.1, 0.15) is 6.54 Å². The van der Waals surface area contributed by atoms with E-state index in [4.69, 9.17) is 5.11 Å². The van der Waals surface area contributed by atoms with Crippen molar-refractivity contribution in [3.05, 3.63) is 34.9 Å². The summed E-state index contributed by atoms with van der Waals surface area (Å²) in [4.78, 5) is 23.4. The summed E-state index contributed by atoms with van der Waals surface area (Å²) in [5.41, 5.74) is 3.51. The van der Waals surface area contributed by atoms with Gasteiger partial charge in [-0.15, -0.1) is 0 Å². The lowest BCUT2D eigenvalue weighted by Crippen LogP contribution is -2.32. The third kappa shape index (κ3) is 4.20. The Morgan fingerprint density at radius 1 is 1.28 bits per heavy atom. The van der Waals surface area contributed by atoms with Gasteiger partial charge in [0.05, 0.1) is 0 Å². The molecule has 0 fully saturated rings. The van der Waals surface area contributed by atoms with E-state index in [-0.39, 0.29) is 12.5 Å². The van der Waals surface area contributed by atoms with Crippen molar-refractivity contribution in [1.29, 1.82) is 0 Å². The van der Waals surface area contributed by atoms with Gasteiger partial charge in [-0.2, -0.15) is 0 Å². The number of carboxylic acid groups (broad SMARTS) is 1. The summed E-state index contributed by atoms with van der Waals surface area (Å²) in [7, 11) is 1.51. The molecule has 0 aliphatic heterocycles. The molecule has 98 valence electrons. The quantitative estimate of drug-likeness (QED) is 0.865. The van der Waals surface area contributed by atoms with Crippen LogP contribution in [0.15, 0.2) is 18.2 Å². The van der Waals surface area contributed by atoms with Crippen LogP contribution in [0.5, 0.6) is 0 Å². The Hall–Kier alpha value is -1.84. The molecule has 1 rings (SSSR count). The van der Waals surface area contributed by atoms with E-state index in [2.05, 4.69) is 6.07 Å². The molecule has 0 spiro atoms. The van der Waals surface area contributed by atoms with Crippen molar-refractivity contribution < 1.29 is 14.7 Å². The van der Waals surface area contributed by atoms with Crippen molar-refractivity contribution in [3.63, 3.8) is 0 Å². The van der Waals surface area contributed by atoms with Crippen molar-refractivity contribution in [1.82, 2.24) is 4.90 Å². The number of amides is 1. The topological polar surface area (TPSA) is 57.6 Å². The number of carbonyl (C=O) groups is 2. The molecule has 4 heteroatoms. The molecule has 4 nitrogen and oxygen atoms in total. The number of aryl methyl sites for hydroxylation is 3. The first-order chi connectivity index (χ1) is 8.40. The summed E-state index contributed by atoms with van der Waals surface area (Å²) < 4.78 is 0. The Morgan fingerprint density at radius 2 is 1.94 bits per heavy atom. The number of benzene rings is 1. The highest BCUT2D eigenvalue weighted by Gasteiger charge is 2.12. The highest BCUT2D eigenvalue weighted by Crippen LogP contribution is 2.13. The minimum absolute atomic E-state index is 0.141. The van der Waals surface area contributed by atoms with E-state index in [9.17, 15) is 9.59 Å². The van der Waals surface area contributed by atoms with Crippen LogP contribution in [0.3, 0.4) is 0 Å². The molecular formula is C14H19NO3. The van der Waals surface area contributed by atoms with Gasteiger partial charge < -0.3 is 10.0 Å². The molecule has 0 bridgehead atoms. The van der Waals surface area contributed by atoms with E-state index in [1.807, 2.05) is 26.0 Å². The van der Waals surface area contributed by atoms with Crippen LogP contribution < -0.4 is 0 Å². The van der Waals surface area contributed by atoms with E-state index < -0.39 is 5.97 Å². The maximum atomic E-state index is 11.7. The molecule has 0 aliphatic carbocycles. The molecule has 0 radical (unpaired) electrons. The molecule has 18 heavy (non-hydrogen) atoms. The van der Waals surface area contributed by atoms with E-state index in [0.29, 0.717) is 12.8 Å². The molecule has 0 saturated heterocycles.